The molecule has 0 unspecified atom stereocenters. The maximum absolute atomic E-state index is 12.0. The van der Waals surface area contributed by atoms with Crippen LogP contribution in [0.3, 0.4) is 0 Å². The van der Waals surface area contributed by atoms with Crippen molar-refractivity contribution < 1.29 is 9.32 Å². The first-order valence-corrected chi connectivity index (χ1v) is 7.07. The van der Waals surface area contributed by atoms with Gasteiger partial charge in [-0.15, -0.1) is 10.2 Å². The summed E-state index contributed by atoms with van der Waals surface area (Å²) in [6.45, 7) is 2.24. The molecule has 2 N–H and O–H groups in total. The number of anilines is 2. The molecular formula is C16H15N5O2. The van der Waals surface area contributed by atoms with Crippen molar-refractivity contribution in [3.63, 3.8) is 0 Å². The summed E-state index contributed by atoms with van der Waals surface area (Å²) in [5.41, 5.74) is 1.27. The van der Waals surface area contributed by atoms with Crippen LogP contribution >= 0.6 is 0 Å². The van der Waals surface area contributed by atoms with E-state index in [2.05, 4.69) is 26.0 Å². The minimum absolute atomic E-state index is 0.253. The van der Waals surface area contributed by atoms with E-state index in [1.807, 2.05) is 30.3 Å². The number of nitrogens with zero attached hydrogens (tertiary/aromatic N) is 3. The molecule has 23 heavy (non-hydrogen) atoms. The Labute approximate surface area is 132 Å². The second-order valence-corrected chi connectivity index (χ2v) is 4.92. The molecule has 0 atom stereocenters. The Balaban J connectivity index is 1.59. The Kier molecular flexibility index (Phi) is 4.28. The first-order valence-electron chi connectivity index (χ1n) is 7.07. The van der Waals surface area contributed by atoms with Crippen molar-refractivity contribution in [3.8, 4) is 0 Å². The van der Waals surface area contributed by atoms with Crippen LogP contribution in [0.2, 0.25) is 0 Å². The van der Waals surface area contributed by atoms with Gasteiger partial charge in [0.2, 0.25) is 0 Å². The molecule has 0 saturated heterocycles. The number of hydrogen-bond acceptors (Lipinski definition) is 6. The fourth-order valence-corrected chi connectivity index (χ4v) is 1.95. The zero-order chi connectivity index (χ0) is 16.1. The average Bonchev–Trinajstić information content (AvgIpc) is 2.99. The van der Waals surface area contributed by atoms with Crippen molar-refractivity contribution in [3.05, 3.63) is 65.5 Å². The number of aromatic nitrogens is 3. The third-order valence-electron chi connectivity index (χ3n) is 3.08. The van der Waals surface area contributed by atoms with Crippen LogP contribution in [0.1, 0.15) is 21.8 Å². The highest BCUT2D eigenvalue weighted by molar-refractivity contribution is 5.92. The number of nitrogens with one attached hydrogen (secondary N) is 2. The minimum Gasteiger partial charge on any atom is -0.360 e. The molecule has 3 aromatic rings. The highest BCUT2D eigenvalue weighted by Crippen LogP contribution is 2.13. The van der Waals surface area contributed by atoms with Gasteiger partial charge in [0, 0.05) is 12.6 Å². The van der Waals surface area contributed by atoms with Crippen LogP contribution < -0.4 is 10.6 Å². The lowest BCUT2D eigenvalue weighted by molar-refractivity contribution is 0.0945. The van der Waals surface area contributed by atoms with Crippen molar-refractivity contribution >= 4 is 17.5 Å². The number of rotatable bonds is 5. The van der Waals surface area contributed by atoms with E-state index in [1.54, 1.807) is 25.1 Å². The first-order chi connectivity index (χ1) is 11.2. The normalized spacial score (nSPS) is 10.3. The standard InChI is InChI=1S/C16H15N5O2/c1-11-9-15(21-23-11)18-14-8-7-13(19-20-14)16(22)17-10-12-5-3-2-4-6-12/h2-9H,10H2,1H3,(H,17,22)(H,18,20,21). The molecule has 0 radical (unpaired) electrons. The highest BCUT2D eigenvalue weighted by Gasteiger charge is 2.08. The molecule has 0 aliphatic carbocycles. The van der Waals surface area contributed by atoms with Gasteiger partial charge in [0.25, 0.3) is 5.91 Å². The van der Waals surface area contributed by atoms with Crippen LogP contribution in [0.25, 0.3) is 0 Å². The van der Waals surface area contributed by atoms with Crippen LogP contribution in [-0.4, -0.2) is 21.3 Å². The lowest BCUT2D eigenvalue weighted by Crippen LogP contribution is -2.24. The molecule has 7 heteroatoms. The molecule has 0 saturated carbocycles. The van der Waals surface area contributed by atoms with Gasteiger partial charge in [0.1, 0.15) is 5.76 Å². The van der Waals surface area contributed by atoms with Crippen LogP contribution in [0.15, 0.2) is 53.1 Å². The predicted molar refractivity (Wildman–Crippen MR) is 84.2 cm³/mol. The number of hydrogen-bond donors (Lipinski definition) is 2. The quantitative estimate of drug-likeness (QED) is 0.752. The summed E-state index contributed by atoms with van der Waals surface area (Å²) in [6.07, 6.45) is 0. The zero-order valence-corrected chi connectivity index (χ0v) is 12.5. The van der Waals surface area contributed by atoms with Crippen molar-refractivity contribution in [2.24, 2.45) is 0 Å². The Morgan fingerprint density at radius 2 is 1.91 bits per heavy atom. The van der Waals surface area contributed by atoms with Crippen LogP contribution in [-0.2, 0) is 6.54 Å². The molecule has 116 valence electrons. The molecule has 7 nitrogen and oxygen atoms in total. The Bertz CT molecular complexity index is 784. The van der Waals surface area contributed by atoms with E-state index in [-0.39, 0.29) is 11.6 Å². The monoisotopic (exact) mass is 309 g/mol. The molecule has 0 bridgehead atoms. The molecule has 0 aliphatic heterocycles. The summed E-state index contributed by atoms with van der Waals surface area (Å²) in [5, 5.41) is 17.4. The number of carbonyl (C=O) groups excluding carboxylic acids is 1. The lowest BCUT2D eigenvalue weighted by Gasteiger charge is -2.05. The van der Waals surface area contributed by atoms with Crippen molar-refractivity contribution in [2.75, 3.05) is 5.32 Å². The third kappa shape index (κ3) is 3.91. The Hall–Kier alpha value is -3.22. The third-order valence-corrected chi connectivity index (χ3v) is 3.08. The van der Waals surface area contributed by atoms with E-state index in [9.17, 15) is 4.79 Å². The van der Waals surface area contributed by atoms with Crippen LogP contribution in [0.5, 0.6) is 0 Å². The number of amides is 1. The van der Waals surface area contributed by atoms with E-state index in [0.717, 1.165) is 5.56 Å². The van der Waals surface area contributed by atoms with E-state index in [4.69, 9.17) is 4.52 Å². The van der Waals surface area contributed by atoms with E-state index >= 15 is 0 Å². The average molecular weight is 309 g/mol. The summed E-state index contributed by atoms with van der Waals surface area (Å²) in [7, 11) is 0. The summed E-state index contributed by atoms with van der Waals surface area (Å²) >= 11 is 0. The number of carbonyl (C=O) groups is 1. The first kappa shape index (κ1) is 14.7. The van der Waals surface area contributed by atoms with Gasteiger partial charge in [-0.05, 0) is 24.6 Å². The SMILES string of the molecule is Cc1cc(Nc2ccc(C(=O)NCc3ccccc3)nn2)no1. The van der Waals surface area contributed by atoms with Crippen molar-refractivity contribution in [2.45, 2.75) is 13.5 Å². The largest absolute Gasteiger partial charge is 0.360 e. The minimum atomic E-state index is -0.273. The van der Waals surface area contributed by atoms with Gasteiger partial charge >= 0.3 is 0 Å². The van der Waals surface area contributed by atoms with Gasteiger partial charge in [-0.1, -0.05) is 35.5 Å². The summed E-state index contributed by atoms with van der Waals surface area (Å²) in [5.74, 6) is 1.44. The summed E-state index contributed by atoms with van der Waals surface area (Å²) < 4.78 is 4.95. The zero-order valence-electron chi connectivity index (χ0n) is 12.5. The maximum Gasteiger partial charge on any atom is 0.272 e. The van der Waals surface area contributed by atoms with Crippen molar-refractivity contribution in [1.29, 1.82) is 0 Å². The fraction of sp³-hybridized carbons (Fsp3) is 0.125. The lowest BCUT2D eigenvalue weighted by atomic mass is 10.2. The van der Waals surface area contributed by atoms with Crippen LogP contribution in [0.4, 0.5) is 11.6 Å². The van der Waals surface area contributed by atoms with Gasteiger partial charge in [0.15, 0.2) is 17.3 Å². The molecule has 3 rings (SSSR count). The smallest absolute Gasteiger partial charge is 0.272 e. The molecular weight excluding hydrogens is 294 g/mol. The molecule has 2 heterocycles. The topological polar surface area (TPSA) is 92.9 Å². The van der Waals surface area contributed by atoms with Crippen LogP contribution in [0, 0.1) is 6.92 Å². The molecule has 0 fully saturated rings. The van der Waals surface area contributed by atoms with Gasteiger partial charge in [0.05, 0.1) is 0 Å². The molecule has 2 aromatic heterocycles. The highest BCUT2D eigenvalue weighted by atomic mass is 16.5. The van der Waals surface area contributed by atoms with Crippen molar-refractivity contribution in [1.82, 2.24) is 20.7 Å². The summed E-state index contributed by atoms with van der Waals surface area (Å²) in [6, 6.07) is 14.7. The van der Waals surface area contributed by atoms with Gasteiger partial charge < -0.3 is 15.2 Å². The maximum atomic E-state index is 12.0. The number of aryl methyl sites for hydroxylation is 1. The molecule has 0 aliphatic rings. The Morgan fingerprint density at radius 3 is 2.57 bits per heavy atom. The molecule has 1 aromatic carbocycles. The second-order valence-electron chi connectivity index (χ2n) is 4.92. The van der Waals surface area contributed by atoms with E-state index < -0.39 is 0 Å². The number of benzene rings is 1. The van der Waals surface area contributed by atoms with Gasteiger partial charge in [-0.25, -0.2) is 0 Å². The predicted octanol–water partition coefficient (Wildman–Crippen LogP) is 2.45. The summed E-state index contributed by atoms with van der Waals surface area (Å²) in [4.78, 5) is 12.0. The fourth-order valence-electron chi connectivity index (χ4n) is 1.95. The molecule has 0 spiro atoms. The molecule has 1 amide bonds. The van der Waals surface area contributed by atoms with Gasteiger partial charge in [-0.2, -0.15) is 0 Å². The Morgan fingerprint density at radius 1 is 1.09 bits per heavy atom. The van der Waals surface area contributed by atoms with Gasteiger partial charge in [-0.3, -0.25) is 4.79 Å². The second kappa shape index (κ2) is 6.69. The van der Waals surface area contributed by atoms with E-state index in [0.29, 0.717) is 23.9 Å². The van der Waals surface area contributed by atoms with E-state index in [1.165, 1.54) is 0 Å².